The Balaban J connectivity index is 1.96. The lowest BCUT2D eigenvalue weighted by molar-refractivity contribution is 0.586. The van der Waals surface area contributed by atoms with Crippen LogP contribution in [0.2, 0.25) is 0 Å². The number of alkyl halides is 1. The Kier molecular flexibility index (Phi) is 5.16. The number of aryl methyl sites for hydroxylation is 1. The average molecular weight is 230 g/mol. The maximum atomic E-state index is 3.43. The van der Waals surface area contributed by atoms with Gasteiger partial charge in [-0.05, 0) is 25.0 Å². The van der Waals surface area contributed by atoms with E-state index >= 15 is 0 Å². The fourth-order valence-corrected chi connectivity index (χ4v) is 1.66. The second kappa shape index (κ2) is 6.30. The van der Waals surface area contributed by atoms with Gasteiger partial charge in [-0.3, -0.25) is 0 Å². The molecule has 0 aromatic carbocycles. The van der Waals surface area contributed by atoms with Crippen molar-refractivity contribution in [3.8, 4) is 0 Å². The van der Waals surface area contributed by atoms with Crippen molar-refractivity contribution in [1.29, 1.82) is 0 Å². The third-order valence-corrected chi connectivity index (χ3v) is 2.53. The molecule has 0 radical (unpaired) electrons. The lowest BCUT2D eigenvalue weighted by atomic mass is 10.2. The second-order valence-electron chi connectivity index (χ2n) is 3.02. The monoisotopic (exact) mass is 229 g/mol. The van der Waals surface area contributed by atoms with Crippen LogP contribution in [0.1, 0.15) is 25.7 Å². The molecular formula is C10H16BrN. The van der Waals surface area contributed by atoms with Gasteiger partial charge in [0.25, 0.3) is 0 Å². The number of rotatable bonds is 6. The minimum Gasteiger partial charge on any atom is -0.354 e. The fourth-order valence-electron chi connectivity index (χ4n) is 1.26. The van der Waals surface area contributed by atoms with Gasteiger partial charge < -0.3 is 4.57 Å². The molecule has 2 heteroatoms. The van der Waals surface area contributed by atoms with Gasteiger partial charge >= 0.3 is 0 Å². The normalized spacial score (nSPS) is 10.4. The molecule has 0 amide bonds. The van der Waals surface area contributed by atoms with Gasteiger partial charge in [-0.25, -0.2) is 0 Å². The Bertz CT molecular complexity index is 182. The number of hydrogen-bond donors (Lipinski definition) is 0. The molecule has 12 heavy (non-hydrogen) atoms. The lowest BCUT2D eigenvalue weighted by Gasteiger charge is -2.01. The standard InChI is InChI=1S/C10H16BrN/c11-7-3-1-2-4-8-12-9-5-6-10-12/h5-6,9-10H,1-4,7-8H2. The number of halogens is 1. The Morgan fingerprint density at radius 3 is 2.25 bits per heavy atom. The third-order valence-electron chi connectivity index (χ3n) is 1.97. The van der Waals surface area contributed by atoms with Crippen LogP contribution in [0.4, 0.5) is 0 Å². The van der Waals surface area contributed by atoms with Gasteiger partial charge in [-0.1, -0.05) is 28.8 Å². The average Bonchev–Trinajstić information content (AvgIpc) is 2.57. The molecule has 0 N–H and O–H groups in total. The second-order valence-corrected chi connectivity index (χ2v) is 3.82. The summed E-state index contributed by atoms with van der Waals surface area (Å²) in [5.41, 5.74) is 0. The smallest absolute Gasteiger partial charge is 0.0219 e. The quantitative estimate of drug-likeness (QED) is 0.521. The van der Waals surface area contributed by atoms with E-state index in [9.17, 15) is 0 Å². The topological polar surface area (TPSA) is 4.93 Å². The minimum atomic E-state index is 1.15. The summed E-state index contributed by atoms with van der Waals surface area (Å²) >= 11 is 3.43. The molecule has 0 saturated heterocycles. The Morgan fingerprint density at radius 2 is 1.58 bits per heavy atom. The molecule has 0 aliphatic carbocycles. The van der Waals surface area contributed by atoms with Crippen molar-refractivity contribution >= 4 is 15.9 Å². The van der Waals surface area contributed by atoms with Crippen LogP contribution in [0.15, 0.2) is 24.5 Å². The highest BCUT2D eigenvalue weighted by Gasteiger charge is 1.90. The maximum Gasteiger partial charge on any atom is 0.0219 e. The fraction of sp³-hybridized carbons (Fsp3) is 0.600. The Labute approximate surface area is 82.9 Å². The van der Waals surface area contributed by atoms with Crippen LogP contribution < -0.4 is 0 Å². The lowest BCUT2D eigenvalue weighted by Crippen LogP contribution is -1.93. The van der Waals surface area contributed by atoms with E-state index in [4.69, 9.17) is 0 Å². The van der Waals surface area contributed by atoms with Gasteiger partial charge in [0, 0.05) is 24.3 Å². The van der Waals surface area contributed by atoms with Crippen molar-refractivity contribution in [2.75, 3.05) is 5.33 Å². The van der Waals surface area contributed by atoms with Gasteiger partial charge in [-0.2, -0.15) is 0 Å². The van der Waals surface area contributed by atoms with Crippen LogP contribution in [-0.4, -0.2) is 9.90 Å². The molecule has 0 saturated carbocycles. The van der Waals surface area contributed by atoms with Crippen LogP contribution >= 0.6 is 15.9 Å². The molecule has 1 heterocycles. The van der Waals surface area contributed by atoms with Crippen LogP contribution in [-0.2, 0) is 6.54 Å². The van der Waals surface area contributed by atoms with Crippen LogP contribution in [0.25, 0.3) is 0 Å². The van der Waals surface area contributed by atoms with E-state index in [0.29, 0.717) is 0 Å². The van der Waals surface area contributed by atoms with E-state index in [-0.39, 0.29) is 0 Å². The molecule has 0 bridgehead atoms. The van der Waals surface area contributed by atoms with E-state index in [1.54, 1.807) is 0 Å². The van der Waals surface area contributed by atoms with E-state index in [1.165, 1.54) is 32.2 Å². The third kappa shape index (κ3) is 3.96. The summed E-state index contributed by atoms with van der Waals surface area (Å²) in [6, 6.07) is 4.16. The van der Waals surface area contributed by atoms with Gasteiger partial charge in [0.15, 0.2) is 0 Å². The highest BCUT2D eigenvalue weighted by Crippen LogP contribution is 2.03. The molecule has 0 atom stereocenters. The summed E-state index contributed by atoms with van der Waals surface area (Å²) in [6.45, 7) is 1.18. The molecule has 1 aromatic heterocycles. The summed E-state index contributed by atoms with van der Waals surface area (Å²) in [6.07, 6.45) is 9.58. The van der Waals surface area contributed by atoms with E-state index in [0.717, 1.165) is 5.33 Å². The van der Waals surface area contributed by atoms with E-state index < -0.39 is 0 Å². The number of nitrogens with zero attached hydrogens (tertiary/aromatic N) is 1. The molecule has 0 aliphatic heterocycles. The predicted octanol–water partition coefficient (Wildman–Crippen LogP) is 3.44. The van der Waals surface area contributed by atoms with Crippen molar-refractivity contribution in [3.05, 3.63) is 24.5 Å². The molecular weight excluding hydrogens is 214 g/mol. The molecule has 1 nitrogen and oxygen atoms in total. The summed E-state index contributed by atoms with van der Waals surface area (Å²) in [4.78, 5) is 0. The maximum absolute atomic E-state index is 3.43. The summed E-state index contributed by atoms with van der Waals surface area (Å²) in [5.74, 6) is 0. The number of unbranched alkanes of at least 4 members (excludes halogenated alkanes) is 3. The first-order valence-corrected chi connectivity index (χ1v) is 5.72. The molecule has 0 fully saturated rings. The van der Waals surface area contributed by atoms with E-state index in [1.807, 2.05) is 0 Å². The Morgan fingerprint density at radius 1 is 0.917 bits per heavy atom. The van der Waals surface area contributed by atoms with Gasteiger partial charge in [0.05, 0.1) is 0 Å². The van der Waals surface area contributed by atoms with Crippen molar-refractivity contribution in [3.63, 3.8) is 0 Å². The molecule has 0 spiro atoms. The summed E-state index contributed by atoms with van der Waals surface area (Å²) in [7, 11) is 0. The van der Waals surface area contributed by atoms with Crippen LogP contribution in [0.5, 0.6) is 0 Å². The highest BCUT2D eigenvalue weighted by molar-refractivity contribution is 9.09. The zero-order valence-corrected chi connectivity index (χ0v) is 8.96. The van der Waals surface area contributed by atoms with Crippen molar-refractivity contribution in [2.24, 2.45) is 0 Å². The molecule has 68 valence electrons. The minimum absolute atomic E-state index is 1.15. The largest absolute Gasteiger partial charge is 0.354 e. The zero-order valence-electron chi connectivity index (χ0n) is 7.38. The first-order chi connectivity index (χ1) is 5.93. The predicted molar refractivity (Wildman–Crippen MR) is 56.7 cm³/mol. The first-order valence-electron chi connectivity index (χ1n) is 4.60. The van der Waals surface area contributed by atoms with Crippen LogP contribution in [0, 0.1) is 0 Å². The first kappa shape index (κ1) is 9.85. The molecule has 0 aliphatic rings. The number of hydrogen-bond acceptors (Lipinski definition) is 0. The van der Waals surface area contributed by atoms with Gasteiger partial charge in [0.1, 0.15) is 0 Å². The SMILES string of the molecule is BrCCCCCCn1cccc1. The Hall–Kier alpha value is -0.240. The van der Waals surface area contributed by atoms with Crippen molar-refractivity contribution < 1.29 is 0 Å². The van der Waals surface area contributed by atoms with Crippen molar-refractivity contribution in [2.45, 2.75) is 32.2 Å². The molecule has 0 unspecified atom stereocenters. The summed E-state index contributed by atoms with van der Waals surface area (Å²) < 4.78 is 2.24. The van der Waals surface area contributed by atoms with Gasteiger partial charge in [-0.15, -0.1) is 0 Å². The highest BCUT2D eigenvalue weighted by atomic mass is 79.9. The molecule has 1 aromatic rings. The van der Waals surface area contributed by atoms with Gasteiger partial charge in [0.2, 0.25) is 0 Å². The zero-order chi connectivity index (χ0) is 8.65. The van der Waals surface area contributed by atoms with E-state index in [2.05, 4.69) is 45.0 Å². The summed E-state index contributed by atoms with van der Waals surface area (Å²) in [5, 5.41) is 1.15. The molecule has 1 rings (SSSR count). The van der Waals surface area contributed by atoms with Crippen LogP contribution in [0.3, 0.4) is 0 Å². The number of aromatic nitrogens is 1. The van der Waals surface area contributed by atoms with Crippen molar-refractivity contribution in [1.82, 2.24) is 4.57 Å².